The largest absolute Gasteiger partial charge is 0.462 e. The first-order valence-corrected chi connectivity index (χ1v) is 9.64. The van der Waals surface area contributed by atoms with Crippen molar-refractivity contribution < 1.29 is 4.74 Å². The summed E-state index contributed by atoms with van der Waals surface area (Å²) in [7, 11) is 2.07. The zero-order valence-corrected chi connectivity index (χ0v) is 17.5. The number of fused-ring (bicyclic) bond motifs is 2. The van der Waals surface area contributed by atoms with Gasteiger partial charge in [0.1, 0.15) is 5.75 Å². The predicted octanol–water partition coefficient (Wildman–Crippen LogP) is 6.39. The molecule has 0 N–H and O–H groups in total. The summed E-state index contributed by atoms with van der Waals surface area (Å²) in [4.78, 5) is 2.20. The number of benzene rings is 2. The third-order valence-electron chi connectivity index (χ3n) is 5.17. The van der Waals surface area contributed by atoms with Crippen molar-refractivity contribution in [2.24, 2.45) is 0 Å². The topological polar surface area (TPSA) is 12.5 Å². The molecule has 1 spiro atoms. The van der Waals surface area contributed by atoms with Gasteiger partial charge in [0.05, 0.1) is 9.89 Å². The van der Waals surface area contributed by atoms with Gasteiger partial charge in [0.2, 0.25) is 5.72 Å². The Hall–Kier alpha value is -0.970. The van der Waals surface area contributed by atoms with Crippen LogP contribution in [0.1, 0.15) is 25.0 Å². The van der Waals surface area contributed by atoms with Gasteiger partial charge >= 0.3 is 0 Å². The molecule has 1 atom stereocenters. The Labute approximate surface area is 163 Å². The second-order valence-corrected chi connectivity index (χ2v) is 8.99. The fraction of sp³-hybridized carbons (Fsp3) is 0.263. The molecule has 0 saturated carbocycles. The predicted molar refractivity (Wildman–Crippen MR) is 107 cm³/mol. The molecule has 24 heavy (non-hydrogen) atoms. The number of ether oxygens (including phenoxy) is 1. The van der Waals surface area contributed by atoms with Crippen LogP contribution in [-0.4, -0.2) is 12.8 Å². The summed E-state index contributed by atoms with van der Waals surface area (Å²) < 4.78 is 8.60. The highest BCUT2D eigenvalue weighted by molar-refractivity contribution is 9.11. The van der Waals surface area contributed by atoms with E-state index in [-0.39, 0.29) is 5.41 Å². The van der Waals surface area contributed by atoms with E-state index in [0.29, 0.717) is 0 Å². The summed E-state index contributed by atoms with van der Waals surface area (Å²) >= 11 is 13.4. The van der Waals surface area contributed by atoms with Crippen molar-refractivity contribution in [2.45, 2.75) is 25.0 Å². The molecular formula is C19H16Br2ClNO. The highest BCUT2D eigenvalue weighted by Gasteiger charge is 2.57. The second kappa shape index (κ2) is 5.26. The molecule has 2 heterocycles. The van der Waals surface area contributed by atoms with E-state index in [1.165, 1.54) is 5.56 Å². The second-order valence-electron chi connectivity index (χ2n) is 6.78. The monoisotopic (exact) mass is 467 g/mol. The fourth-order valence-corrected chi connectivity index (χ4v) is 5.32. The van der Waals surface area contributed by atoms with Crippen LogP contribution in [0.3, 0.4) is 0 Å². The van der Waals surface area contributed by atoms with Gasteiger partial charge in [-0.3, -0.25) is 0 Å². The normalized spacial score (nSPS) is 23.2. The van der Waals surface area contributed by atoms with Gasteiger partial charge in [-0.1, -0.05) is 27.5 Å². The maximum Gasteiger partial charge on any atom is 0.211 e. The number of halogens is 3. The van der Waals surface area contributed by atoms with E-state index >= 15 is 0 Å². The number of hydrogen-bond donors (Lipinski definition) is 0. The molecule has 0 amide bonds. The zero-order chi connectivity index (χ0) is 17.3. The van der Waals surface area contributed by atoms with E-state index in [1.54, 1.807) is 0 Å². The summed E-state index contributed by atoms with van der Waals surface area (Å²) in [5, 5.41) is 0.748. The lowest BCUT2D eigenvalue weighted by Crippen LogP contribution is -2.58. The molecule has 2 aromatic carbocycles. The van der Waals surface area contributed by atoms with Crippen molar-refractivity contribution in [3.05, 3.63) is 61.5 Å². The van der Waals surface area contributed by atoms with Crippen molar-refractivity contribution in [1.29, 1.82) is 0 Å². The van der Waals surface area contributed by atoms with Crippen molar-refractivity contribution >= 4 is 55.2 Å². The maximum absolute atomic E-state index is 6.64. The summed E-state index contributed by atoms with van der Waals surface area (Å²) in [5.41, 5.74) is 2.54. The molecule has 0 aromatic heterocycles. The summed E-state index contributed by atoms with van der Waals surface area (Å²) in [6, 6.07) is 10.1. The average molecular weight is 470 g/mol. The highest BCUT2D eigenvalue weighted by Crippen LogP contribution is 2.55. The van der Waals surface area contributed by atoms with Crippen LogP contribution in [0.4, 0.5) is 5.69 Å². The minimum atomic E-state index is -0.594. The first-order chi connectivity index (χ1) is 11.3. The van der Waals surface area contributed by atoms with E-state index < -0.39 is 5.72 Å². The van der Waals surface area contributed by atoms with Gasteiger partial charge < -0.3 is 9.64 Å². The molecule has 0 saturated heterocycles. The van der Waals surface area contributed by atoms with Crippen LogP contribution >= 0.6 is 43.5 Å². The molecule has 5 heteroatoms. The lowest BCUT2D eigenvalue weighted by atomic mass is 9.76. The minimum Gasteiger partial charge on any atom is -0.462 e. The van der Waals surface area contributed by atoms with Crippen molar-refractivity contribution in [3.63, 3.8) is 0 Å². The average Bonchev–Trinajstić information content (AvgIpc) is 2.67. The van der Waals surface area contributed by atoms with Crippen LogP contribution in [0.25, 0.3) is 6.08 Å². The molecule has 1 unspecified atom stereocenters. The number of rotatable bonds is 0. The first kappa shape index (κ1) is 16.5. The van der Waals surface area contributed by atoms with Gasteiger partial charge in [0, 0.05) is 27.8 Å². The zero-order valence-electron chi connectivity index (χ0n) is 13.5. The van der Waals surface area contributed by atoms with Crippen LogP contribution in [0, 0.1) is 0 Å². The number of nitrogens with zero attached hydrogens (tertiary/aromatic N) is 1. The van der Waals surface area contributed by atoms with Gasteiger partial charge in [-0.15, -0.1) is 0 Å². The summed E-state index contributed by atoms with van der Waals surface area (Å²) in [5.74, 6) is 0.861. The highest BCUT2D eigenvalue weighted by atomic mass is 79.9. The van der Waals surface area contributed by atoms with E-state index in [4.69, 9.17) is 16.3 Å². The fourth-order valence-electron chi connectivity index (χ4n) is 3.81. The summed E-state index contributed by atoms with van der Waals surface area (Å²) in [6.07, 6.45) is 4.29. The lowest BCUT2D eigenvalue weighted by Gasteiger charge is -2.46. The van der Waals surface area contributed by atoms with Crippen LogP contribution in [0.15, 0.2) is 45.4 Å². The quantitative estimate of drug-likeness (QED) is 0.443. The Morgan fingerprint density at radius 2 is 1.88 bits per heavy atom. The number of likely N-dealkylation sites (N-methyl/N-ethyl adjacent to an activating group) is 1. The molecule has 0 fully saturated rings. The smallest absolute Gasteiger partial charge is 0.211 e. The van der Waals surface area contributed by atoms with E-state index in [9.17, 15) is 0 Å². The van der Waals surface area contributed by atoms with Crippen LogP contribution < -0.4 is 9.64 Å². The van der Waals surface area contributed by atoms with E-state index in [0.717, 1.165) is 31.0 Å². The van der Waals surface area contributed by atoms with Gasteiger partial charge in [-0.05, 0) is 77.8 Å². The van der Waals surface area contributed by atoms with Crippen LogP contribution in [-0.2, 0) is 5.41 Å². The SMILES string of the molecule is CN1c2ccc(Cl)cc2C(C)(C)C12C=Cc1cc(Br)cc(Br)c1O2. The van der Waals surface area contributed by atoms with Crippen LogP contribution in [0.2, 0.25) is 5.02 Å². The van der Waals surface area contributed by atoms with Crippen LogP contribution in [0.5, 0.6) is 5.75 Å². The minimum absolute atomic E-state index is 0.261. The van der Waals surface area contributed by atoms with Crippen molar-refractivity contribution in [1.82, 2.24) is 0 Å². The molecule has 0 aliphatic carbocycles. The maximum atomic E-state index is 6.64. The number of anilines is 1. The van der Waals surface area contributed by atoms with E-state index in [1.807, 2.05) is 18.2 Å². The van der Waals surface area contributed by atoms with Crippen molar-refractivity contribution in [2.75, 3.05) is 11.9 Å². The van der Waals surface area contributed by atoms with Crippen molar-refractivity contribution in [3.8, 4) is 5.75 Å². The van der Waals surface area contributed by atoms with Gasteiger partial charge in [0.25, 0.3) is 0 Å². The molecule has 2 aromatic rings. The third-order valence-corrected chi connectivity index (χ3v) is 6.45. The van der Waals surface area contributed by atoms with Gasteiger partial charge in [0.15, 0.2) is 0 Å². The Kier molecular flexibility index (Phi) is 3.62. The molecule has 2 aliphatic heterocycles. The molecule has 0 bridgehead atoms. The van der Waals surface area contributed by atoms with E-state index in [2.05, 4.69) is 81.9 Å². The first-order valence-electron chi connectivity index (χ1n) is 7.67. The Balaban J connectivity index is 1.92. The third kappa shape index (κ3) is 2.06. The molecule has 4 rings (SSSR count). The molecule has 2 nitrogen and oxygen atoms in total. The summed E-state index contributed by atoms with van der Waals surface area (Å²) in [6.45, 7) is 4.40. The molecule has 2 aliphatic rings. The Morgan fingerprint density at radius 1 is 1.12 bits per heavy atom. The molecule has 124 valence electrons. The standard InChI is InChI=1S/C19H16Br2ClNO/c1-18(2)14-10-13(22)4-5-16(14)23(3)19(18)7-6-11-8-12(20)9-15(21)17(11)24-19/h4-10H,1-3H3. The van der Waals surface area contributed by atoms with Gasteiger partial charge in [-0.2, -0.15) is 0 Å². The lowest BCUT2D eigenvalue weighted by molar-refractivity contribution is 0.0573. The Morgan fingerprint density at radius 3 is 2.62 bits per heavy atom. The molecule has 0 radical (unpaired) electrons. The number of hydrogen-bond acceptors (Lipinski definition) is 2. The Bertz CT molecular complexity index is 893. The van der Waals surface area contributed by atoms with Gasteiger partial charge in [-0.25, -0.2) is 0 Å². The molecular weight excluding hydrogens is 453 g/mol.